The summed E-state index contributed by atoms with van der Waals surface area (Å²) >= 11 is 0. The third-order valence-electron chi connectivity index (χ3n) is 15.9. The van der Waals surface area contributed by atoms with Crippen LogP contribution >= 0.6 is 0 Å². The molecule has 4 aliphatic heterocycles. The van der Waals surface area contributed by atoms with Gasteiger partial charge in [-0.15, -0.1) is 0 Å². The zero-order valence-electron chi connectivity index (χ0n) is 47.2. The van der Waals surface area contributed by atoms with Gasteiger partial charge < -0.3 is 57.5 Å². The number of nitrogens with zero attached hydrogens (tertiary/aromatic N) is 4. The molecule has 0 saturated carbocycles. The Morgan fingerprint density at radius 2 is 1.19 bits per heavy atom. The van der Waals surface area contributed by atoms with Gasteiger partial charge in [0.05, 0.1) is 104 Å². The Balaban J connectivity index is 0.624. The molecule has 2 aromatic carbocycles. The van der Waals surface area contributed by atoms with Gasteiger partial charge >= 0.3 is 23.9 Å². The minimum atomic E-state index is -1.97. The van der Waals surface area contributed by atoms with Crippen LogP contribution in [0.1, 0.15) is 110 Å². The molecule has 22 nitrogen and oxygen atoms in total. The molecule has 4 aromatic heterocycles. The van der Waals surface area contributed by atoms with Crippen LogP contribution in [0.15, 0.2) is 58.1 Å². The number of hydrogen-bond acceptors (Lipinski definition) is 19. The first-order valence-corrected chi connectivity index (χ1v) is 28.0. The fraction of sp³-hybridized carbons (Fsp3) is 0.443. The van der Waals surface area contributed by atoms with E-state index in [4.69, 9.17) is 47.9 Å². The summed E-state index contributed by atoms with van der Waals surface area (Å²) in [6, 6.07) is 14.3. The van der Waals surface area contributed by atoms with Crippen molar-refractivity contribution in [3.63, 3.8) is 0 Å². The topological polar surface area (TPSA) is 278 Å². The number of aromatic nitrogens is 4. The van der Waals surface area contributed by atoms with Crippen LogP contribution in [-0.4, -0.2) is 119 Å². The Kier molecular flexibility index (Phi) is 16.8. The lowest BCUT2D eigenvalue weighted by Crippen LogP contribution is -2.48. The first kappa shape index (κ1) is 58.0. The number of hydrogen-bond donors (Lipinski definition) is 2. The number of carbonyl (C=O) groups excluding carboxylic acids is 6. The number of fused-ring (bicyclic) bond motifs is 10. The summed E-state index contributed by atoms with van der Waals surface area (Å²) in [7, 11) is 0. The van der Waals surface area contributed by atoms with E-state index < -0.39 is 59.7 Å². The molecule has 2 N–H and O–H groups in total. The standard InChI is InChI=1S/C61H65N5O17/c1-7-37-39-21-33(5)11-14-47(39)63-54-41(37)26-65-49(54)23-45-43(56(65)72)30-80-58(74)60(45,9-3)82-52(70)16-13-36(68)29-77-19-20-79-34(6)28-76-17-18-78-32-51(69)62-25-53(71)83-61(10-4)46-24-50-55-42(27-66(50)57(73)44(46)31-81-59(61)75)38(8-2)40-22-35(67)12-15-48(40)64-55/h11-12,14-15,21-24,34,67H,7-10,13,16-20,25-32H2,1-6H3,(H,62,69)/t34?,60-,61-/m0/s1. The second-order valence-corrected chi connectivity index (χ2v) is 21.0. The van der Waals surface area contributed by atoms with Gasteiger partial charge in [-0.3, -0.25) is 28.8 Å². The molecule has 0 bridgehead atoms. The normalized spacial score (nSPS) is 17.6. The molecule has 0 spiro atoms. The maximum Gasteiger partial charge on any atom is 0.355 e. The molecule has 0 aliphatic carbocycles. The van der Waals surface area contributed by atoms with Crippen molar-refractivity contribution in [2.45, 2.75) is 124 Å². The number of phenols is 1. The highest BCUT2D eigenvalue weighted by atomic mass is 16.6. The zero-order valence-corrected chi connectivity index (χ0v) is 47.2. The number of nitrogens with one attached hydrogen (secondary N) is 1. The molecule has 0 saturated heterocycles. The second-order valence-electron chi connectivity index (χ2n) is 21.0. The van der Waals surface area contributed by atoms with Crippen molar-refractivity contribution in [3.8, 4) is 28.5 Å². The number of pyridine rings is 4. The number of ketones is 1. The molecule has 0 radical (unpaired) electrons. The summed E-state index contributed by atoms with van der Waals surface area (Å²) in [6.07, 6.45) is 0.307. The number of amides is 1. The lowest BCUT2D eigenvalue weighted by atomic mass is 9.85. The number of ether oxygens (including phenoxy) is 8. The molecular formula is C61H65N5O17. The summed E-state index contributed by atoms with van der Waals surface area (Å²) in [5, 5.41) is 14.4. The van der Waals surface area contributed by atoms with Gasteiger partial charge in [-0.25, -0.2) is 19.6 Å². The van der Waals surface area contributed by atoms with Crippen LogP contribution in [0.4, 0.5) is 0 Å². The number of benzene rings is 2. The van der Waals surface area contributed by atoms with Gasteiger partial charge in [0.2, 0.25) is 17.1 Å². The van der Waals surface area contributed by atoms with E-state index in [0.717, 1.165) is 50.5 Å². The molecule has 6 aromatic rings. The van der Waals surface area contributed by atoms with Crippen molar-refractivity contribution < 1.29 is 71.8 Å². The number of rotatable bonds is 24. The average Bonchev–Trinajstić information content (AvgIpc) is 2.68. The predicted octanol–water partition coefficient (Wildman–Crippen LogP) is 5.33. The van der Waals surface area contributed by atoms with Gasteiger partial charge in [0, 0.05) is 39.4 Å². The SMILES string of the molecule is CCc1c2c(nc3ccc(C)cc13)-c1cc3c(c(=O)n1C2)COC(=O)[C@@]3(CC)OC(=O)CCC(=O)COCCOC(C)COCCOCC(=O)NCC(=O)O[C@]1(CC)C(=O)OCc2c1cc1n(c2=O)Cc2c-1nc1ccc(O)cc1c2CC. The Hall–Kier alpha value is -8.18. The van der Waals surface area contributed by atoms with Gasteiger partial charge in [0.25, 0.3) is 11.1 Å². The lowest BCUT2D eigenvalue weighted by molar-refractivity contribution is -0.189. The molecule has 4 aliphatic rings. The number of aromatic hydroxyl groups is 1. The maximum absolute atomic E-state index is 14.1. The summed E-state index contributed by atoms with van der Waals surface area (Å²) in [6.45, 7) is 10.3. The number of aryl methyl sites for hydroxylation is 3. The van der Waals surface area contributed by atoms with E-state index in [1.807, 2.05) is 26.0 Å². The van der Waals surface area contributed by atoms with Crippen molar-refractivity contribution >= 4 is 57.4 Å². The smallest absolute Gasteiger partial charge is 0.355 e. The number of cyclic esters (lactones) is 2. The van der Waals surface area contributed by atoms with E-state index in [1.165, 1.54) is 6.07 Å². The Bertz CT molecular complexity index is 3770. The predicted molar refractivity (Wildman–Crippen MR) is 297 cm³/mol. The highest BCUT2D eigenvalue weighted by Crippen LogP contribution is 2.44. The first-order valence-electron chi connectivity index (χ1n) is 28.0. The van der Waals surface area contributed by atoms with E-state index in [2.05, 4.69) is 18.3 Å². The maximum atomic E-state index is 14.1. The van der Waals surface area contributed by atoms with E-state index >= 15 is 0 Å². The quantitative estimate of drug-likeness (QED) is 0.0439. The minimum absolute atomic E-state index is 0.0153. The van der Waals surface area contributed by atoms with Crippen LogP contribution in [0.2, 0.25) is 0 Å². The largest absolute Gasteiger partial charge is 0.508 e. The van der Waals surface area contributed by atoms with Gasteiger partial charge in [-0.2, -0.15) is 0 Å². The third kappa shape index (κ3) is 10.9. The minimum Gasteiger partial charge on any atom is -0.508 e. The van der Waals surface area contributed by atoms with E-state index in [1.54, 1.807) is 54.2 Å². The molecule has 436 valence electrons. The summed E-state index contributed by atoms with van der Waals surface area (Å²) < 4.78 is 48.0. The van der Waals surface area contributed by atoms with Gasteiger partial charge in [0.1, 0.15) is 38.7 Å². The highest BCUT2D eigenvalue weighted by Gasteiger charge is 2.52. The molecule has 1 unspecified atom stereocenters. The van der Waals surface area contributed by atoms with E-state index in [9.17, 15) is 43.5 Å². The molecule has 83 heavy (non-hydrogen) atoms. The molecule has 8 heterocycles. The van der Waals surface area contributed by atoms with Crippen molar-refractivity contribution in [1.82, 2.24) is 24.4 Å². The highest BCUT2D eigenvalue weighted by molar-refractivity contribution is 5.93. The van der Waals surface area contributed by atoms with Crippen LogP contribution in [0.5, 0.6) is 5.75 Å². The van der Waals surface area contributed by atoms with Crippen LogP contribution in [-0.2, 0) is 117 Å². The van der Waals surface area contributed by atoms with Gasteiger partial charge in [-0.05, 0) is 93.1 Å². The fourth-order valence-corrected chi connectivity index (χ4v) is 11.6. The summed E-state index contributed by atoms with van der Waals surface area (Å²) in [4.78, 5) is 117. The summed E-state index contributed by atoms with van der Waals surface area (Å²) in [5.74, 6) is -4.33. The Labute approximate surface area is 476 Å². The van der Waals surface area contributed by atoms with Crippen molar-refractivity contribution in [2.75, 3.05) is 52.8 Å². The van der Waals surface area contributed by atoms with E-state index in [-0.39, 0.29) is 131 Å². The number of Topliss-reactive ketones (excluding diaryl/α,β-unsaturated/α-hetero) is 1. The average molecular weight is 1140 g/mol. The van der Waals surface area contributed by atoms with Crippen LogP contribution in [0, 0.1) is 6.92 Å². The Morgan fingerprint density at radius 1 is 0.663 bits per heavy atom. The first-order chi connectivity index (χ1) is 39.9. The van der Waals surface area contributed by atoms with Gasteiger partial charge in [0.15, 0.2) is 5.78 Å². The van der Waals surface area contributed by atoms with Gasteiger partial charge in [-0.1, -0.05) is 39.3 Å². The third-order valence-corrected chi connectivity index (χ3v) is 15.9. The summed E-state index contributed by atoms with van der Waals surface area (Å²) in [5.41, 5.74) is 4.66. The molecule has 0 fully saturated rings. The fourth-order valence-electron chi connectivity index (χ4n) is 11.6. The number of phenolic OH excluding ortho intramolecular Hbond substituents is 1. The molecule has 1 amide bonds. The zero-order chi connectivity index (χ0) is 58.9. The van der Waals surface area contributed by atoms with Crippen molar-refractivity contribution in [2.24, 2.45) is 0 Å². The monoisotopic (exact) mass is 1140 g/mol. The Morgan fingerprint density at radius 3 is 1.77 bits per heavy atom. The second kappa shape index (κ2) is 24.0. The van der Waals surface area contributed by atoms with Crippen LogP contribution in [0.3, 0.4) is 0 Å². The van der Waals surface area contributed by atoms with Crippen molar-refractivity contribution in [1.29, 1.82) is 0 Å². The molecule has 3 atom stereocenters. The van der Waals surface area contributed by atoms with Crippen molar-refractivity contribution in [3.05, 3.63) is 119 Å². The lowest BCUT2D eigenvalue weighted by Gasteiger charge is -2.35. The van der Waals surface area contributed by atoms with Crippen LogP contribution < -0.4 is 16.4 Å². The molecule has 10 rings (SSSR count). The molecule has 22 heteroatoms. The number of esters is 4. The van der Waals surface area contributed by atoms with E-state index in [0.29, 0.717) is 41.3 Å². The number of carbonyl (C=O) groups is 6. The molecular weight excluding hydrogens is 1070 g/mol. The van der Waals surface area contributed by atoms with Crippen LogP contribution in [0.25, 0.3) is 44.6 Å².